The molecule has 116 valence electrons. The highest BCUT2D eigenvalue weighted by Crippen LogP contribution is 2.23. The number of carbonyl (C=O) groups excluding carboxylic acids is 1. The average molecular weight is 364 g/mol. The molecule has 1 atom stereocenters. The van der Waals surface area contributed by atoms with Crippen LogP contribution in [0.25, 0.3) is 0 Å². The van der Waals surface area contributed by atoms with Crippen LogP contribution in [0.2, 0.25) is 0 Å². The smallest absolute Gasteiger partial charge is 0.263 e. The third-order valence-electron chi connectivity index (χ3n) is 3.38. The highest BCUT2D eigenvalue weighted by Gasteiger charge is 2.17. The Kier molecular flexibility index (Phi) is 5.99. The molecule has 2 N–H and O–H groups in total. The molecule has 6 heteroatoms. The Labute approximate surface area is 138 Å². The first kappa shape index (κ1) is 16.5. The summed E-state index contributed by atoms with van der Waals surface area (Å²) in [4.78, 5) is 12.0. The third-order valence-corrected chi connectivity index (χ3v) is 4.03. The molecule has 1 aromatic rings. The largest absolute Gasteiger partial charge is 0.376 e. The van der Waals surface area contributed by atoms with Gasteiger partial charge in [0.2, 0.25) is 0 Å². The maximum absolute atomic E-state index is 12.0. The van der Waals surface area contributed by atoms with Gasteiger partial charge in [0.05, 0.1) is 11.8 Å². The predicted octanol–water partition coefficient (Wildman–Crippen LogP) is 2.87. The first-order chi connectivity index (χ1) is 10.6. The van der Waals surface area contributed by atoms with Crippen LogP contribution in [0.5, 0.6) is 0 Å². The maximum Gasteiger partial charge on any atom is 0.263 e. The third kappa shape index (κ3) is 4.58. The lowest BCUT2D eigenvalue weighted by Gasteiger charge is -2.10. The van der Waals surface area contributed by atoms with Crippen molar-refractivity contribution in [1.82, 2.24) is 5.32 Å². The van der Waals surface area contributed by atoms with Crippen molar-refractivity contribution in [1.29, 1.82) is 5.26 Å². The van der Waals surface area contributed by atoms with Gasteiger partial charge in [0.25, 0.3) is 5.91 Å². The number of hydrogen-bond donors (Lipinski definition) is 2. The number of halogens is 1. The summed E-state index contributed by atoms with van der Waals surface area (Å²) in [7, 11) is 0. The maximum atomic E-state index is 12.0. The number of ether oxygens (including phenoxy) is 1. The molecule has 1 heterocycles. The van der Waals surface area contributed by atoms with Gasteiger partial charge in [-0.05, 0) is 53.4 Å². The van der Waals surface area contributed by atoms with Gasteiger partial charge in [-0.3, -0.25) is 4.79 Å². The van der Waals surface area contributed by atoms with E-state index in [4.69, 9.17) is 10.00 Å². The van der Waals surface area contributed by atoms with Crippen molar-refractivity contribution >= 4 is 27.5 Å². The van der Waals surface area contributed by atoms with Crippen LogP contribution in [-0.4, -0.2) is 25.2 Å². The van der Waals surface area contributed by atoms with Crippen LogP contribution in [0.15, 0.2) is 34.4 Å². The molecule has 1 aliphatic heterocycles. The van der Waals surface area contributed by atoms with Gasteiger partial charge in [-0.25, -0.2) is 0 Å². The van der Waals surface area contributed by atoms with Gasteiger partial charge in [-0.2, -0.15) is 5.26 Å². The summed E-state index contributed by atoms with van der Waals surface area (Å²) >= 11 is 3.44. The van der Waals surface area contributed by atoms with Crippen LogP contribution in [0.3, 0.4) is 0 Å². The summed E-state index contributed by atoms with van der Waals surface area (Å²) in [5.41, 5.74) is 1.95. The molecule has 2 rings (SSSR count). The molecule has 1 aliphatic rings. The van der Waals surface area contributed by atoms with Gasteiger partial charge >= 0.3 is 0 Å². The summed E-state index contributed by atoms with van der Waals surface area (Å²) in [6, 6.07) is 7.70. The fourth-order valence-corrected chi connectivity index (χ4v) is 2.75. The Morgan fingerprint density at radius 1 is 1.59 bits per heavy atom. The van der Waals surface area contributed by atoms with Crippen molar-refractivity contribution in [2.24, 2.45) is 0 Å². The Morgan fingerprint density at radius 2 is 2.41 bits per heavy atom. The fourth-order valence-electron chi connectivity index (χ4n) is 2.14. The monoisotopic (exact) mass is 363 g/mol. The molecule has 1 fully saturated rings. The van der Waals surface area contributed by atoms with E-state index in [1.54, 1.807) is 0 Å². The summed E-state index contributed by atoms with van der Waals surface area (Å²) < 4.78 is 6.31. The number of anilines is 1. The molecule has 0 spiro atoms. The van der Waals surface area contributed by atoms with Crippen LogP contribution in [0.4, 0.5) is 5.69 Å². The molecule has 1 saturated heterocycles. The van der Waals surface area contributed by atoms with E-state index in [1.165, 1.54) is 6.20 Å². The second-order valence-electron chi connectivity index (χ2n) is 5.14. The number of carbonyl (C=O) groups is 1. The Balaban J connectivity index is 1.94. The highest BCUT2D eigenvalue weighted by molar-refractivity contribution is 9.10. The van der Waals surface area contributed by atoms with Crippen molar-refractivity contribution in [2.75, 3.05) is 18.5 Å². The van der Waals surface area contributed by atoms with Gasteiger partial charge in [-0.1, -0.05) is 6.07 Å². The molecule has 0 saturated carbocycles. The number of nitrogens with zero attached hydrogens (tertiary/aromatic N) is 1. The number of nitriles is 1. The molecule has 0 aliphatic carbocycles. The van der Waals surface area contributed by atoms with Crippen LogP contribution in [0, 0.1) is 18.3 Å². The minimum atomic E-state index is -0.395. The quantitative estimate of drug-likeness (QED) is 0.623. The molecule has 5 nitrogen and oxygen atoms in total. The van der Waals surface area contributed by atoms with Gasteiger partial charge < -0.3 is 15.4 Å². The van der Waals surface area contributed by atoms with Crippen molar-refractivity contribution in [3.8, 4) is 6.07 Å². The first-order valence-electron chi connectivity index (χ1n) is 7.13. The zero-order valence-corrected chi connectivity index (χ0v) is 13.9. The lowest BCUT2D eigenvalue weighted by Crippen LogP contribution is -2.32. The van der Waals surface area contributed by atoms with E-state index in [0.717, 1.165) is 35.2 Å². The Bertz CT molecular complexity index is 616. The van der Waals surface area contributed by atoms with Crippen molar-refractivity contribution in [2.45, 2.75) is 25.9 Å². The van der Waals surface area contributed by atoms with Crippen LogP contribution in [0.1, 0.15) is 18.4 Å². The molecular weight excluding hydrogens is 346 g/mol. The number of amides is 1. The molecule has 1 amide bonds. The number of rotatable bonds is 5. The zero-order valence-electron chi connectivity index (χ0n) is 12.4. The van der Waals surface area contributed by atoms with Crippen LogP contribution >= 0.6 is 15.9 Å². The van der Waals surface area contributed by atoms with E-state index in [2.05, 4.69) is 26.6 Å². The topological polar surface area (TPSA) is 74.2 Å². The minimum Gasteiger partial charge on any atom is -0.376 e. The fraction of sp³-hybridized carbons (Fsp3) is 0.375. The number of hydrogen-bond acceptors (Lipinski definition) is 4. The molecule has 0 radical (unpaired) electrons. The molecular formula is C16H18BrN3O2. The summed E-state index contributed by atoms with van der Waals surface area (Å²) in [6.45, 7) is 3.17. The Hall–Kier alpha value is -1.84. The summed E-state index contributed by atoms with van der Waals surface area (Å²) in [6.07, 6.45) is 3.44. The van der Waals surface area contributed by atoms with Gasteiger partial charge in [0.1, 0.15) is 11.6 Å². The summed E-state index contributed by atoms with van der Waals surface area (Å²) in [5, 5.41) is 14.8. The number of aryl methyl sites for hydroxylation is 1. The normalized spacial score (nSPS) is 17.9. The van der Waals surface area contributed by atoms with E-state index in [0.29, 0.717) is 6.54 Å². The van der Waals surface area contributed by atoms with E-state index in [-0.39, 0.29) is 11.7 Å². The van der Waals surface area contributed by atoms with Gasteiger partial charge in [0, 0.05) is 23.8 Å². The first-order valence-corrected chi connectivity index (χ1v) is 7.92. The van der Waals surface area contributed by atoms with Crippen molar-refractivity contribution < 1.29 is 9.53 Å². The van der Waals surface area contributed by atoms with Crippen molar-refractivity contribution in [3.05, 3.63) is 40.0 Å². The predicted molar refractivity (Wildman–Crippen MR) is 88.2 cm³/mol. The van der Waals surface area contributed by atoms with E-state index in [1.807, 2.05) is 31.2 Å². The highest BCUT2D eigenvalue weighted by atomic mass is 79.9. The lowest BCUT2D eigenvalue weighted by atomic mass is 10.2. The van der Waals surface area contributed by atoms with Gasteiger partial charge in [-0.15, -0.1) is 0 Å². The molecule has 0 aromatic heterocycles. The minimum absolute atomic E-state index is 0.0328. The Morgan fingerprint density at radius 3 is 3.05 bits per heavy atom. The molecule has 1 aromatic carbocycles. The SMILES string of the molecule is Cc1ccc(N/C=C(/C#N)C(=O)NCC2CCCO2)c(Br)c1. The van der Waals surface area contributed by atoms with E-state index < -0.39 is 5.91 Å². The second kappa shape index (κ2) is 7.97. The van der Waals surface area contributed by atoms with Crippen LogP contribution in [-0.2, 0) is 9.53 Å². The molecule has 0 bridgehead atoms. The lowest BCUT2D eigenvalue weighted by molar-refractivity contribution is -0.117. The summed E-state index contributed by atoms with van der Waals surface area (Å²) in [5.74, 6) is -0.395. The van der Waals surface area contributed by atoms with Gasteiger partial charge in [0.15, 0.2) is 0 Å². The number of benzene rings is 1. The zero-order chi connectivity index (χ0) is 15.9. The molecule has 22 heavy (non-hydrogen) atoms. The van der Waals surface area contributed by atoms with E-state index in [9.17, 15) is 4.79 Å². The molecule has 1 unspecified atom stereocenters. The second-order valence-corrected chi connectivity index (χ2v) is 6.00. The van der Waals surface area contributed by atoms with Crippen molar-refractivity contribution in [3.63, 3.8) is 0 Å². The van der Waals surface area contributed by atoms with E-state index >= 15 is 0 Å². The average Bonchev–Trinajstić information content (AvgIpc) is 3.01. The standard InChI is InChI=1S/C16H18BrN3O2/c1-11-4-5-15(14(17)7-11)19-9-12(8-18)16(21)20-10-13-3-2-6-22-13/h4-5,7,9,13,19H,2-3,6,10H2,1H3,(H,20,21)/b12-9-. The number of nitrogens with one attached hydrogen (secondary N) is 2. The van der Waals surface area contributed by atoms with Crippen LogP contribution < -0.4 is 10.6 Å².